The van der Waals surface area contributed by atoms with Crippen LogP contribution in [0.1, 0.15) is 10.5 Å². The van der Waals surface area contributed by atoms with Crippen molar-refractivity contribution in [1.82, 2.24) is 10.3 Å². The zero-order valence-electron chi connectivity index (χ0n) is 9.34. The van der Waals surface area contributed by atoms with E-state index in [0.717, 1.165) is 0 Å². The highest BCUT2D eigenvalue weighted by Gasteiger charge is 2.11. The highest BCUT2D eigenvalue weighted by Crippen LogP contribution is 2.21. The molecule has 2 rings (SSSR count). The molecule has 0 aliphatic rings. The molecule has 0 fully saturated rings. The Morgan fingerprint density at radius 2 is 2.22 bits per heavy atom. The first-order chi connectivity index (χ1) is 8.61. The molecule has 0 unspecified atom stereocenters. The molecule has 0 aliphatic heterocycles. The van der Waals surface area contributed by atoms with Gasteiger partial charge in [-0.05, 0) is 12.1 Å². The number of aromatic nitrogens is 1. The predicted molar refractivity (Wildman–Crippen MR) is 64.4 cm³/mol. The molecule has 0 saturated carbocycles. The molecule has 7 heteroatoms. The third-order valence-electron chi connectivity index (χ3n) is 2.46. The molecule has 0 bridgehead atoms. The van der Waals surface area contributed by atoms with Gasteiger partial charge in [-0.2, -0.15) is 0 Å². The number of aromatic amines is 1. The molecule has 0 saturated heterocycles. The Balaban J connectivity index is 2.32. The number of aliphatic hydroxyl groups excluding tert-OH is 1. The average Bonchev–Trinajstić information content (AvgIpc) is 2.78. The molecule has 1 amide bonds. The summed E-state index contributed by atoms with van der Waals surface area (Å²) >= 11 is 0. The van der Waals surface area contributed by atoms with Crippen LogP contribution in [-0.4, -0.2) is 34.1 Å². The Bertz CT molecular complexity index is 605. The van der Waals surface area contributed by atoms with Gasteiger partial charge in [0.25, 0.3) is 11.6 Å². The molecule has 1 aromatic carbocycles. The zero-order chi connectivity index (χ0) is 13.1. The molecule has 2 aromatic rings. The van der Waals surface area contributed by atoms with E-state index < -0.39 is 4.92 Å². The summed E-state index contributed by atoms with van der Waals surface area (Å²) in [6.07, 6.45) is 0. The summed E-state index contributed by atoms with van der Waals surface area (Å²) in [5.74, 6) is -0.358. The number of fused-ring (bicyclic) bond motifs is 1. The Morgan fingerprint density at radius 3 is 2.89 bits per heavy atom. The smallest absolute Gasteiger partial charge is 0.270 e. The minimum Gasteiger partial charge on any atom is -0.395 e. The van der Waals surface area contributed by atoms with Crippen LogP contribution in [0.25, 0.3) is 10.9 Å². The number of non-ortho nitro benzene ring substituents is 1. The lowest BCUT2D eigenvalue weighted by molar-refractivity contribution is -0.384. The van der Waals surface area contributed by atoms with Gasteiger partial charge in [0.1, 0.15) is 5.69 Å². The fraction of sp³-hybridized carbons (Fsp3) is 0.182. The van der Waals surface area contributed by atoms with Crippen molar-refractivity contribution in [2.24, 2.45) is 0 Å². The maximum Gasteiger partial charge on any atom is 0.270 e. The molecule has 18 heavy (non-hydrogen) atoms. The summed E-state index contributed by atoms with van der Waals surface area (Å²) in [6, 6.07) is 5.86. The van der Waals surface area contributed by atoms with Crippen LogP contribution < -0.4 is 5.32 Å². The van der Waals surface area contributed by atoms with E-state index in [0.29, 0.717) is 16.6 Å². The van der Waals surface area contributed by atoms with Crippen molar-refractivity contribution in [3.8, 4) is 0 Å². The Hall–Kier alpha value is -2.41. The number of hydrogen-bond acceptors (Lipinski definition) is 4. The van der Waals surface area contributed by atoms with E-state index in [1.807, 2.05) is 0 Å². The van der Waals surface area contributed by atoms with E-state index in [1.165, 1.54) is 18.2 Å². The Labute approximate surface area is 102 Å². The van der Waals surface area contributed by atoms with Crippen molar-refractivity contribution in [1.29, 1.82) is 0 Å². The first kappa shape index (κ1) is 12.1. The number of carbonyl (C=O) groups excluding carboxylic acids is 1. The van der Waals surface area contributed by atoms with Gasteiger partial charge in [-0.25, -0.2) is 0 Å². The lowest BCUT2D eigenvalue weighted by atomic mass is 10.2. The van der Waals surface area contributed by atoms with Crippen molar-refractivity contribution < 1.29 is 14.8 Å². The summed E-state index contributed by atoms with van der Waals surface area (Å²) in [5, 5.41) is 22.3. The highest BCUT2D eigenvalue weighted by molar-refractivity contribution is 5.98. The second-order valence-corrected chi connectivity index (χ2v) is 3.69. The fourth-order valence-electron chi connectivity index (χ4n) is 1.62. The number of carbonyl (C=O) groups is 1. The van der Waals surface area contributed by atoms with Crippen LogP contribution in [0.3, 0.4) is 0 Å². The average molecular weight is 249 g/mol. The molecule has 1 aromatic heterocycles. The number of H-pyrrole nitrogens is 1. The number of nitrogens with zero attached hydrogens (tertiary/aromatic N) is 1. The number of rotatable bonds is 4. The summed E-state index contributed by atoms with van der Waals surface area (Å²) in [4.78, 5) is 24.6. The second kappa shape index (κ2) is 4.84. The van der Waals surface area contributed by atoms with Crippen LogP contribution in [-0.2, 0) is 0 Å². The van der Waals surface area contributed by atoms with Gasteiger partial charge < -0.3 is 15.4 Å². The maximum atomic E-state index is 11.6. The topological polar surface area (TPSA) is 108 Å². The van der Waals surface area contributed by atoms with Crippen LogP contribution in [0.15, 0.2) is 24.3 Å². The van der Waals surface area contributed by atoms with Crippen molar-refractivity contribution in [2.45, 2.75) is 0 Å². The first-order valence-corrected chi connectivity index (χ1v) is 5.28. The lowest BCUT2D eigenvalue weighted by Crippen LogP contribution is -2.26. The van der Waals surface area contributed by atoms with Gasteiger partial charge in [-0.1, -0.05) is 0 Å². The maximum absolute atomic E-state index is 11.6. The van der Waals surface area contributed by atoms with Gasteiger partial charge in [0.2, 0.25) is 0 Å². The standard InChI is InChI=1S/C11H11N3O4/c15-4-3-12-11(16)10-6-7-5-8(14(17)18)1-2-9(7)13-10/h1-2,5-6,13,15H,3-4H2,(H,12,16). The molecular formula is C11H11N3O4. The van der Waals surface area contributed by atoms with E-state index in [4.69, 9.17) is 5.11 Å². The SMILES string of the molecule is O=C(NCCO)c1cc2cc([N+](=O)[O-])ccc2[nH]1. The van der Waals surface area contributed by atoms with Crippen molar-refractivity contribution in [3.63, 3.8) is 0 Å². The molecule has 3 N–H and O–H groups in total. The molecule has 1 heterocycles. The molecule has 7 nitrogen and oxygen atoms in total. The number of nitro benzene ring substituents is 1. The minimum absolute atomic E-state index is 0.0242. The third kappa shape index (κ3) is 2.30. The molecule has 0 spiro atoms. The van der Waals surface area contributed by atoms with E-state index >= 15 is 0 Å². The van der Waals surface area contributed by atoms with E-state index in [1.54, 1.807) is 6.07 Å². The van der Waals surface area contributed by atoms with Gasteiger partial charge in [0, 0.05) is 29.6 Å². The minimum atomic E-state index is -0.488. The Kier molecular flexibility index (Phi) is 3.24. The number of benzene rings is 1. The van der Waals surface area contributed by atoms with Crippen LogP contribution in [0, 0.1) is 10.1 Å². The number of nitro groups is 1. The number of nitrogens with one attached hydrogen (secondary N) is 2. The van der Waals surface area contributed by atoms with Gasteiger partial charge >= 0.3 is 0 Å². The number of aliphatic hydroxyl groups is 1. The third-order valence-corrected chi connectivity index (χ3v) is 2.46. The summed E-state index contributed by atoms with van der Waals surface area (Å²) in [5.41, 5.74) is 0.928. The monoisotopic (exact) mass is 249 g/mol. The van der Waals surface area contributed by atoms with E-state index in [2.05, 4.69) is 10.3 Å². The van der Waals surface area contributed by atoms with Gasteiger partial charge in [-0.3, -0.25) is 14.9 Å². The summed E-state index contributed by atoms with van der Waals surface area (Å²) in [6.45, 7) is 0.0196. The first-order valence-electron chi connectivity index (χ1n) is 5.28. The van der Waals surface area contributed by atoms with Gasteiger partial charge in [-0.15, -0.1) is 0 Å². The molecule has 0 atom stereocenters. The number of amides is 1. The molecule has 94 valence electrons. The van der Waals surface area contributed by atoms with Gasteiger partial charge in [0.05, 0.1) is 11.5 Å². The molecule has 0 radical (unpaired) electrons. The molecular weight excluding hydrogens is 238 g/mol. The van der Waals surface area contributed by atoms with Crippen LogP contribution in [0.2, 0.25) is 0 Å². The quantitative estimate of drug-likeness (QED) is 0.550. The summed E-state index contributed by atoms with van der Waals surface area (Å²) in [7, 11) is 0. The largest absolute Gasteiger partial charge is 0.395 e. The lowest BCUT2D eigenvalue weighted by Gasteiger charge is -1.99. The van der Waals surface area contributed by atoms with Crippen molar-refractivity contribution in [2.75, 3.05) is 13.2 Å². The predicted octanol–water partition coefficient (Wildman–Crippen LogP) is 0.798. The summed E-state index contributed by atoms with van der Waals surface area (Å²) < 4.78 is 0. The highest BCUT2D eigenvalue weighted by atomic mass is 16.6. The zero-order valence-corrected chi connectivity index (χ0v) is 9.34. The fourth-order valence-corrected chi connectivity index (χ4v) is 1.62. The number of hydrogen-bond donors (Lipinski definition) is 3. The van der Waals surface area contributed by atoms with E-state index in [-0.39, 0.29) is 24.7 Å². The van der Waals surface area contributed by atoms with Gasteiger partial charge in [0.15, 0.2) is 0 Å². The van der Waals surface area contributed by atoms with Crippen molar-refractivity contribution in [3.05, 3.63) is 40.1 Å². The second-order valence-electron chi connectivity index (χ2n) is 3.69. The van der Waals surface area contributed by atoms with Crippen LogP contribution in [0.5, 0.6) is 0 Å². The Morgan fingerprint density at radius 1 is 1.44 bits per heavy atom. The normalized spacial score (nSPS) is 10.5. The van der Waals surface area contributed by atoms with Crippen LogP contribution in [0.4, 0.5) is 5.69 Å². The van der Waals surface area contributed by atoms with Crippen LogP contribution >= 0.6 is 0 Å². The van der Waals surface area contributed by atoms with E-state index in [9.17, 15) is 14.9 Å². The molecule has 0 aliphatic carbocycles. The van der Waals surface area contributed by atoms with Crippen molar-refractivity contribution >= 4 is 22.5 Å².